The van der Waals surface area contributed by atoms with Crippen LogP contribution in [-0.2, 0) is 0 Å². The maximum Gasteiger partial charge on any atom is 0.180 e. The van der Waals surface area contributed by atoms with E-state index in [4.69, 9.17) is 26.3 Å². The molecule has 1 N–H and O–H groups in total. The van der Waals surface area contributed by atoms with Gasteiger partial charge in [-0.1, -0.05) is 18.0 Å². The summed E-state index contributed by atoms with van der Waals surface area (Å²) in [6.45, 7) is 0. The Morgan fingerprint density at radius 2 is 2.11 bits per heavy atom. The minimum Gasteiger partial charge on any atom is -0.493 e. The van der Waals surface area contributed by atoms with Crippen molar-refractivity contribution in [2.24, 2.45) is 0 Å². The second kappa shape index (κ2) is 6.14. The van der Waals surface area contributed by atoms with Crippen LogP contribution in [0.5, 0.6) is 11.5 Å². The molecule has 0 heterocycles. The number of aliphatic hydroxyl groups excluding tert-OH is 1. The fraction of sp³-hybridized carbons (Fsp3) is 0.500. The molecule has 4 nitrogen and oxygen atoms in total. The molecule has 2 atom stereocenters. The number of nitriles is 1. The van der Waals surface area contributed by atoms with Crippen LogP contribution >= 0.6 is 11.6 Å². The molecule has 0 bridgehead atoms. The molecule has 2 rings (SSSR count). The zero-order chi connectivity index (χ0) is 13.8. The zero-order valence-electron chi connectivity index (χ0n) is 10.7. The van der Waals surface area contributed by atoms with E-state index >= 15 is 0 Å². The van der Waals surface area contributed by atoms with Crippen molar-refractivity contribution >= 4 is 11.6 Å². The summed E-state index contributed by atoms with van der Waals surface area (Å²) in [5, 5.41) is 19.1. The van der Waals surface area contributed by atoms with Gasteiger partial charge in [0.1, 0.15) is 6.10 Å². The van der Waals surface area contributed by atoms with E-state index < -0.39 is 6.10 Å². The minimum atomic E-state index is -0.481. The lowest BCUT2D eigenvalue weighted by atomic mass is 9.95. The lowest BCUT2D eigenvalue weighted by Gasteiger charge is -2.29. The van der Waals surface area contributed by atoms with Crippen molar-refractivity contribution in [1.82, 2.24) is 0 Å². The fourth-order valence-corrected chi connectivity index (χ4v) is 2.52. The van der Waals surface area contributed by atoms with Crippen molar-refractivity contribution in [1.29, 1.82) is 5.26 Å². The number of rotatable bonds is 3. The first kappa shape index (κ1) is 14.0. The average molecular weight is 282 g/mol. The summed E-state index contributed by atoms with van der Waals surface area (Å²) in [5.74, 6) is 0.816. The topological polar surface area (TPSA) is 62.5 Å². The normalized spacial score (nSPS) is 22.6. The Morgan fingerprint density at radius 1 is 1.37 bits per heavy atom. The van der Waals surface area contributed by atoms with Crippen LogP contribution in [0.3, 0.4) is 0 Å². The van der Waals surface area contributed by atoms with Gasteiger partial charge in [0.15, 0.2) is 11.5 Å². The van der Waals surface area contributed by atoms with Crippen LogP contribution < -0.4 is 9.47 Å². The molecular weight excluding hydrogens is 266 g/mol. The lowest BCUT2D eigenvalue weighted by Crippen LogP contribution is -2.34. The molecule has 0 aliphatic heterocycles. The predicted octanol–water partition coefficient (Wildman–Crippen LogP) is 2.90. The van der Waals surface area contributed by atoms with Crippen LogP contribution in [0.2, 0.25) is 5.02 Å². The number of aliphatic hydroxyl groups is 1. The standard InChI is InChI=1S/C14H16ClNO3/c1-18-13-7-9(8-16)6-10(15)14(13)19-12-5-3-2-4-11(12)17/h6-7,11-12,17H,2-5H2,1H3/t11-,12+/m1/s1. The summed E-state index contributed by atoms with van der Waals surface area (Å²) >= 11 is 6.12. The number of hydrogen-bond acceptors (Lipinski definition) is 4. The molecule has 1 aromatic carbocycles. The smallest absolute Gasteiger partial charge is 0.180 e. The molecule has 0 spiro atoms. The molecule has 1 aliphatic carbocycles. The Labute approximate surface area is 117 Å². The lowest BCUT2D eigenvalue weighted by molar-refractivity contribution is 0.00573. The minimum absolute atomic E-state index is 0.270. The van der Waals surface area contributed by atoms with E-state index in [0.717, 1.165) is 25.7 Å². The van der Waals surface area contributed by atoms with Gasteiger partial charge in [-0.3, -0.25) is 0 Å². The Morgan fingerprint density at radius 3 is 2.74 bits per heavy atom. The summed E-state index contributed by atoms with van der Waals surface area (Å²) in [5.41, 5.74) is 0.415. The number of hydrogen-bond donors (Lipinski definition) is 1. The van der Waals surface area contributed by atoms with Crippen LogP contribution in [0.1, 0.15) is 31.2 Å². The summed E-state index contributed by atoms with van der Waals surface area (Å²) < 4.78 is 11.0. The van der Waals surface area contributed by atoms with Gasteiger partial charge in [0.25, 0.3) is 0 Å². The molecule has 0 amide bonds. The van der Waals surface area contributed by atoms with Crippen molar-refractivity contribution in [3.8, 4) is 17.6 Å². The van der Waals surface area contributed by atoms with E-state index in [0.29, 0.717) is 22.1 Å². The molecular formula is C14H16ClNO3. The van der Waals surface area contributed by atoms with Crippen LogP contribution in [0.25, 0.3) is 0 Å². The highest BCUT2D eigenvalue weighted by atomic mass is 35.5. The second-order valence-corrected chi connectivity index (χ2v) is 5.02. The molecule has 1 fully saturated rings. The highest BCUT2D eigenvalue weighted by molar-refractivity contribution is 6.32. The maximum atomic E-state index is 9.92. The molecule has 102 valence electrons. The van der Waals surface area contributed by atoms with Crippen molar-refractivity contribution in [2.75, 3.05) is 7.11 Å². The number of halogens is 1. The first-order valence-corrected chi connectivity index (χ1v) is 6.66. The summed E-state index contributed by atoms with van der Waals surface area (Å²) in [7, 11) is 1.50. The average Bonchev–Trinajstić information content (AvgIpc) is 2.42. The van der Waals surface area contributed by atoms with Gasteiger partial charge in [-0.25, -0.2) is 0 Å². The molecule has 1 aliphatic rings. The van der Waals surface area contributed by atoms with E-state index in [9.17, 15) is 5.11 Å². The largest absolute Gasteiger partial charge is 0.493 e. The summed E-state index contributed by atoms with van der Waals surface area (Å²) in [4.78, 5) is 0. The third-order valence-electron chi connectivity index (χ3n) is 3.30. The van der Waals surface area contributed by atoms with Crippen molar-refractivity contribution < 1.29 is 14.6 Å². The fourth-order valence-electron chi connectivity index (χ4n) is 2.26. The molecule has 0 unspecified atom stereocenters. The summed E-state index contributed by atoms with van der Waals surface area (Å²) in [6, 6.07) is 5.13. The number of methoxy groups -OCH3 is 1. The SMILES string of the molecule is COc1cc(C#N)cc(Cl)c1O[C@H]1CCCC[C@H]1O. The Bertz CT molecular complexity index is 498. The third kappa shape index (κ3) is 3.12. The van der Waals surface area contributed by atoms with Crippen molar-refractivity contribution in [3.05, 3.63) is 22.7 Å². The molecule has 19 heavy (non-hydrogen) atoms. The van der Waals surface area contributed by atoms with Crippen molar-refractivity contribution in [2.45, 2.75) is 37.9 Å². The highest BCUT2D eigenvalue weighted by Gasteiger charge is 2.26. The molecule has 0 radical (unpaired) electrons. The van der Waals surface area contributed by atoms with E-state index in [2.05, 4.69) is 0 Å². The second-order valence-electron chi connectivity index (χ2n) is 4.61. The third-order valence-corrected chi connectivity index (χ3v) is 3.58. The first-order chi connectivity index (χ1) is 9.15. The van der Waals surface area contributed by atoms with E-state index in [-0.39, 0.29) is 6.10 Å². The monoisotopic (exact) mass is 281 g/mol. The molecule has 0 aromatic heterocycles. The Hall–Kier alpha value is -1.44. The van der Waals surface area contributed by atoms with Gasteiger partial charge >= 0.3 is 0 Å². The zero-order valence-corrected chi connectivity index (χ0v) is 11.5. The molecule has 1 saturated carbocycles. The van der Waals surface area contributed by atoms with Crippen LogP contribution in [0.15, 0.2) is 12.1 Å². The predicted molar refractivity (Wildman–Crippen MR) is 71.6 cm³/mol. The molecule has 5 heteroatoms. The van der Waals surface area contributed by atoms with Gasteiger partial charge in [0, 0.05) is 6.07 Å². The summed E-state index contributed by atoms with van der Waals surface area (Å²) in [6.07, 6.45) is 2.82. The van der Waals surface area contributed by atoms with E-state index in [1.807, 2.05) is 6.07 Å². The van der Waals surface area contributed by atoms with E-state index in [1.54, 1.807) is 6.07 Å². The van der Waals surface area contributed by atoms with Gasteiger partial charge in [-0.2, -0.15) is 5.26 Å². The van der Waals surface area contributed by atoms with Crippen LogP contribution in [-0.4, -0.2) is 24.4 Å². The van der Waals surface area contributed by atoms with E-state index in [1.165, 1.54) is 13.2 Å². The molecule has 1 aromatic rings. The van der Waals surface area contributed by atoms with Gasteiger partial charge in [-0.15, -0.1) is 0 Å². The Kier molecular flexibility index (Phi) is 4.52. The highest BCUT2D eigenvalue weighted by Crippen LogP contribution is 2.38. The van der Waals surface area contributed by atoms with Crippen molar-refractivity contribution in [3.63, 3.8) is 0 Å². The van der Waals surface area contributed by atoms with Gasteiger partial charge < -0.3 is 14.6 Å². The van der Waals surface area contributed by atoms with Gasteiger partial charge in [-0.05, 0) is 25.3 Å². The molecule has 0 saturated heterocycles. The van der Waals surface area contributed by atoms with Gasteiger partial charge in [0.05, 0.1) is 29.9 Å². The maximum absolute atomic E-state index is 9.92. The number of benzene rings is 1. The number of nitrogens with zero attached hydrogens (tertiary/aromatic N) is 1. The van der Waals surface area contributed by atoms with Gasteiger partial charge in [0.2, 0.25) is 0 Å². The van der Waals surface area contributed by atoms with Crippen LogP contribution in [0, 0.1) is 11.3 Å². The Balaban J connectivity index is 2.26. The van der Waals surface area contributed by atoms with Crippen LogP contribution in [0.4, 0.5) is 0 Å². The quantitative estimate of drug-likeness (QED) is 0.925. The first-order valence-electron chi connectivity index (χ1n) is 6.28. The number of ether oxygens (including phenoxy) is 2.